The van der Waals surface area contributed by atoms with Gasteiger partial charge in [0.15, 0.2) is 0 Å². The van der Waals surface area contributed by atoms with Crippen LogP contribution >= 0.6 is 0 Å². The second-order valence-electron chi connectivity index (χ2n) is 5.33. The van der Waals surface area contributed by atoms with Gasteiger partial charge in [0, 0.05) is 22.7 Å². The van der Waals surface area contributed by atoms with Crippen molar-refractivity contribution in [3.63, 3.8) is 0 Å². The monoisotopic (exact) mass is 252 g/mol. The lowest BCUT2D eigenvalue weighted by atomic mass is 9.97. The predicted molar refractivity (Wildman–Crippen MR) is 76.5 cm³/mol. The van der Waals surface area contributed by atoms with Crippen molar-refractivity contribution in [3.8, 4) is 11.3 Å². The maximum Gasteiger partial charge on any atom is 0.0702 e. The van der Waals surface area contributed by atoms with E-state index in [1.807, 2.05) is 50.5 Å². The summed E-state index contributed by atoms with van der Waals surface area (Å²) in [5, 5.41) is 8.05. The zero-order valence-corrected chi connectivity index (χ0v) is 11.0. The van der Waals surface area contributed by atoms with Crippen LogP contribution in [0.25, 0.3) is 22.2 Å². The molecule has 0 saturated heterocycles. The molecular weight excluding hydrogens is 236 g/mol. The van der Waals surface area contributed by atoms with Gasteiger partial charge in [-0.1, -0.05) is 12.1 Å². The zero-order chi connectivity index (χ0) is 13.5. The number of pyridine rings is 1. The highest BCUT2D eigenvalue weighted by atomic mass is 15.1. The van der Waals surface area contributed by atoms with Gasteiger partial charge in [-0.2, -0.15) is 5.10 Å². The van der Waals surface area contributed by atoms with Crippen molar-refractivity contribution in [2.45, 2.75) is 19.4 Å². The number of hydrogen-bond donors (Lipinski definition) is 2. The van der Waals surface area contributed by atoms with E-state index in [1.54, 1.807) is 0 Å². The molecule has 4 nitrogen and oxygen atoms in total. The molecule has 0 atom stereocenters. The minimum absolute atomic E-state index is 0.361. The summed E-state index contributed by atoms with van der Waals surface area (Å²) < 4.78 is 0. The first-order chi connectivity index (χ1) is 9.04. The smallest absolute Gasteiger partial charge is 0.0702 e. The molecule has 0 bridgehead atoms. The number of nitrogens with two attached hydrogens (primary N) is 1. The molecule has 3 aromatic rings. The Morgan fingerprint density at radius 3 is 2.63 bits per heavy atom. The van der Waals surface area contributed by atoms with Gasteiger partial charge in [0.1, 0.15) is 0 Å². The zero-order valence-electron chi connectivity index (χ0n) is 11.0. The molecule has 0 aliphatic rings. The molecule has 0 aliphatic carbocycles. The van der Waals surface area contributed by atoms with Crippen LogP contribution in [-0.4, -0.2) is 15.2 Å². The Labute approximate surface area is 111 Å². The molecule has 0 fully saturated rings. The number of benzene rings is 1. The molecule has 0 saturated carbocycles. The summed E-state index contributed by atoms with van der Waals surface area (Å²) in [6, 6.07) is 10.2. The van der Waals surface area contributed by atoms with Crippen LogP contribution in [0.15, 0.2) is 42.7 Å². The number of aromatic nitrogens is 3. The second-order valence-corrected chi connectivity index (χ2v) is 5.33. The third kappa shape index (κ3) is 2.22. The average Bonchev–Trinajstić information content (AvgIpc) is 2.85. The molecule has 2 heterocycles. The standard InChI is InChI=1S/C15H16N4/c1-15(2,16)12-4-6-13(17-9-12)10-3-5-14-11(7-10)8-18-19-14/h3-9H,16H2,1-2H3,(H,18,19). The van der Waals surface area contributed by atoms with E-state index in [0.717, 1.165) is 27.7 Å². The van der Waals surface area contributed by atoms with Gasteiger partial charge in [0.25, 0.3) is 0 Å². The fraction of sp³-hybridized carbons (Fsp3) is 0.200. The highest BCUT2D eigenvalue weighted by Crippen LogP contribution is 2.23. The molecule has 2 aromatic heterocycles. The summed E-state index contributed by atoms with van der Waals surface area (Å²) in [6.07, 6.45) is 3.66. The fourth-order valence-corrected chi connectivity index (χ4v) is 2.05. The lowest BCUT2D eigenvalue weighted by molar-refractivity contribution is 0.552. The summed E-state index contributed by atoms with van der Waals surface area (Å²) >= 11 is 0. The van der Waals surface area contributed by atoms with Crippen molar-refractivity contribution >= 4 is 10.9 Å². The van der Waals surface area contributed by atoms with Crippen LogP contribution in [0.2, 0.25) is 0 Å². The summed E-state index contributed by atoms with van der Waals surface area (Å²) in [6.45, 7) is 3.95. The normalized spacial score (nSPS) is 11.9. The minimum atomic E-state index is -0.361. The Balaban J connectivity index is 2.01. The number of fused-ring (bicyclic) bond motifs is 1. The summed E-state index contributed by atoms with van der Waals surface area (Å²) in [4.78, 5) is 4.50. The molecule has 96 valence electrons. The molecule has 4 heteroatoms. The van der Waals surface area contributed by atoms with E-state index in [4.69, 9.17) is 5.73 Å². The van der Waals surface area contributed by atoms with Gasteiger partial charge in [-0.05, 0) is 37.6 Å². The van der Waals surface area contributed by atoms with Crippen LogP contribution in [0.1, 0.15) is 19.4 Å². The van der Waals surface area contributed by atoms with E-state index in [-0.39, 0.29) is 5.54 Å². The lowest BCUT2D eigenvalue weighted by Crippen LogP contribution is -2.28. The molecule has 0 spiro atoms. The van der Waals surface area contributed by atoms with Crippen molar-refractivity contribution in [2.24, 2.45) is 5.73 Å². The van der Waals surface area contributed by atoms with Crippen LogP contribution in [0.4, 0.5) is 0 Å². The number of hydrogen-bond acceptors (Lipinski definition) is 3. The third-order valence-electron chi connectivity index (χ3n) is 3.24. The SMILES string of the molecule is CC(C)(N)c1ccc(-c2ccc3[nH]ncc3c2)nc1. The molecule has 3 rings (SSSR count). The average molecular weight is 252 g/mol. The lowest BCUT2D eigenvalue weighted by Gasteiger charge is -2.18. The van der Waals surface area contributed by atoms with Gasteiger partial charge < -0.3 is 5.73 Å². The van der Waals surface area contributed by atoms with E-state index >= 15 is 0 Å². The highest BCUT2D eigenvalue weighted by molar-refractivity contribution is 5.83. The number of nitrogens with zero attached hydrogens (tertiary/aromatic N) is 2. The van der Waals surface area contributed by atoms with Crippen LogP contribution < -0.4 is 5.73 Å². The van der Waals surface area contributed by atoms with Crippen LogP contribution in [0, 0.1) is 0 Å². The summed E-state index contributed by atoms with van der Waals surface area (Å²) in [7, 11) is 0. The Morgan fingerprint density at radius 1 is 1.11 bits per heavy atom. The number of nitrogens with one attached hydrogen (secondary N) is 1. The molecule has 0 unspecified atom stereocenters. The molecule has 3 N–H and O–H groups in total. The van der Waals surface area contributed by atoms with Gasteiger partial charge in [0.2, 0.25) is 0 Å². The maximum atomic E-state index is 6.05. The van der Waals surface area contributed by atoms with Crippen LogP contribution in [0.3, 0.4) is 0 Å². The number of H-pyrrole nitrogens is 1. The topological polar surface area (TPSA) is 67.6 Å². The molecule has 0 amide bonds. The van der Waals surface area contributed by atoms with Gasteiger partial charge >= 0.3 is 0 Å². The number of rotatable bonds is 2. The molecular formula is C15H16N4. The van der Waals surface area contributed by atoms with E-state index in [0.29, 0.717) is 0 Å². The van der Waals surface area contributed by atoms with E-state index in [2.05, 4.69) is 21.2 Å². The first-order valence-electron chi connectivity index (χ1n) is 6.23. The quantitative estimate of drug-likeness (QED) is 0.737. The second kappa shape index (κ2) is 4.17. The van der Waals surface area contributed by atoms with Crippen molar-refractivity contribution in [1.82, 2.24) is 15.2 Å². The first-order valence-corrected chi connectivity index (χ1v) is 6.23. The Kier molecular flexibility index (Phi) is 2.61. The van der Waals surface area contributed by atoms with Crippen molar-refractivity contribution in [2.75, 3.05) is 0 Å². The van der Waals surface area contributed by atoms with E-state index in [9.17, 15) is 0 Å². The predicted octanol–water partition coefficient (Wildman–Crippen LogP) is 2.82. The number of aromatic amines is 1. The van der Waals surface area contributed by atoms with Gasteiger partial charge in [-0.3, -0.25) is 10.1 Å². The molecule has 19 heavy (non-hydrogen) atoms. The molecule has 0 radical (unpaired) electrons. The Morgan fingerprint density at radius 2 is 1.95 bits per heavy atom. The van der Waals surface area contributed by atoms with Crippen LogP contribution in [-0.2, 0) is 5.54 Å². The van der Waals surface area contributed by atoms with Gasteiger partial charge in [-0.15, -0.1) is 0 Å². The van der Waals surface area contributed by atoms with Gasteiger partial charge in [-0.25, -0.2) is 0 Å². The molecule has 0 aliphatic heterocycles. The summed E-state index contributed by atoms with van der Waals surface area (Å²) in [5.74, 6) is 0. The van der Waals surface area contributed by atoms with Crippen molar-refractivity contribution < 1.29 is 0 Å². The largest absolute Gasteiger partial charge is 0.322 e. The fourth-order valence-electron chi connectivity index (χ4n) is 2.05. The van der Waals surface area contributed by atoms with E-state index < -0.39 is 0 Å². The van der Waals surface area contributed by atoms with E-state index in [1.165, 1.54) is 0 Å². The van der Waals surface area contributed by atoms with Crippen molar-refractivity contribution in [1.29, 1.82) is 0 Å². The third-order valence-corrected chi connectivity index (χ3v) is 3.24. The van der Waals surface area contributed by atoms with Crippen molar-refractivity contribution in [3.05, 3.63) is 48.3 Å². The Bertz CT molecular complexity index is 705. The Hall–Kier alpha value is -2.20. The summed E-state index contributed by atoms with van der Waals surface area (Å²) in [5.41, 5.74) is 9.77. The minimum Gasteiger partial charge on any atom is -0.322 e. The van der Waals surface area contributed by atoms with Crippen LogP contribution in [0.5, 0.6) is 0 Å². The maximum absolute atomic E-state index is 6.05. The first kappa shape index (κ1) is 11.9. The molecule has 1 aromatic carbocycles. The highest BCUT2D eigenvalue weighted by Gasteiger charge is 2.14. The van der Waals surface area contributed by atoms with Gasteiger partial charge in [0.05, 0.1) is 17.4 Å².